The molecule has 0 N–H and O–H groups in total. The zero-order valence-corrected chi connectivity index (χ0v) is 12.4. The molecule has 0 aliphatic heterocycles. The number of rotatable bonds is 0. The van der Waals surface area contributed by atoms with Crippen LogP contribution in [0.2, 0.25) is 5.02 Å². The van der Waals surface area contributed by atoms with E-state index in [1.165, 1.54) is 16.2 Å². The van der Waals surface area contributed by atoms with E-state index in [0.29, 0.717) is 0 Å². The number of halogens is 1. The van der Waals surface area contributed by atoms with Gasteiger partial charge in [0.25, 0.3) is 0 Å². The Hall–Kier alpha value is -2.58. The monoisotopic (exact) mass is 302 g/mol. The fourth-order valence-corrected chi connectivity index (χ4v) is 3.48. The minimum absolute atomic E-state index is 0.745. The molecule has 0 fully saturated rings. The summed E-state index contributed by atoms with van der Waals surface area (Å²) in [6.07, 6.45) is 2.06. The number of pyridine rings is 1. The minimum atomic E-state index is 0.745. The molecule has 0 saturated carbocycles. The molecule has 5 aromatic rings. The molecule has 0 spiro atoms. The van der Waals surface area contributed by atoms with Crippen molar-refractivity contribution >= 4 is 49.8 Å². The molecule has 0 aliphatic rings. The summed E-state index contributed by atoms with van der Waals surface area (Å²) in [5.74, 6) is 0. The SMILES string of the molecule is Clc1ccc2c3ccccc3c3nc4ccccn4c3c2c1. The second-order valence-electron chi connectivity index (χ2n) is 5.47. The molecule has 0 bridgehead atoms. The first kappa shape index (κ1) is 12.0. The second kappa shape index (κ2) is 4.21. The van der Waals surface area contributed by atoms with E-state index in [1.807, 2.05) is 30.3 Å². The average molecular weight is 303 g/mol. The van der Waals surface area contributed by atoms with E-state index in [0.717, 1.165) is 27.1 Å². The molecule has 0 amide bonds. The zero-order chi connectivity index (χ0) is 14.7. The molecule has 0 radical (unpaired) electrons. The van der Waals surface area contributed by atoms with Gasteiger partial charge in [-0.3, -0.25) is 4.40 Å². The maximum atomic E-state index is 6.26. The Bertz CT molecular complexity index is 1190. The third-order valence-corrected chi connectivity index (χ3v) is 4.47. The van der Waals surface area contributed by atoms with Gasteiger partial charge in [0.1, 0.15) is 5.65 Å². The molecular weight excluding hydrogens is 292 g/mol. The van der Waals surface area contributed by atoms with E-state index in [4.69, 9.17) is 16.6 Å². The van der Waals surface area contributed by atoms with Crippen LogP contribution in [0.4, 0.5) is 0 Å². The molecule has 0 saturated heterocycles. The number of fused-ring (bicyclic) bond motifs is 8. The quantitative estimate of drug-likeness (QED) is 0.348. The van der Waals surface area contributed by atoms with Crippen LogP contribution in [-0.2, 0) is 0 Å². The lowest BCUT2D eigenvalue weighted by Gasteiger charge is -2.07. The van der Waals surface area contributed by atoms with Gasteiger partial charge in [0.15, 0.2) is 0 Å². The fourth-order valence-electron chi connectivity index (χ4n) is 3.31. The summed E-state index contributed by atoms with van der Waals surface area (Å²) >= 11 is 6.26. The van der Waals surface area contributed by atoms with Crippen LogP contribution < -0.4 is 0 Å². The third-order valence-electron chi connectivity index (χ3n) is 4.24. The number of benzene rings is 3. The van der Waals surface area contributed by atoms with Gasteiger partial charge in [-0.05, 0) is 35.0 Å². The molecule has 3 heteroatoms. The molecule has 2 aromatic heterocycles. The lowest BCUT2D eigenvalue weighted by molar-refractivity contribution is 1.23. The maximum Gasteiger partial charge on any atom is 0.137 e. The van der Waals surface area contributed by atoms with Crippen molar-refractivity contribution in [3.63, 3.8) is 0 Å². The number of imidazole rings is 1. The van der Waals surface area contributed by atoms with E-state index in [-0.39, 0.29) is 0 Å². The van der Waals surface area contributed by atoms with Crippen LogP contribution in [0.1, 0.15) is 0 Å². The predicted molar refractivity (Wildman–Crippen MR) is 92.7 cm³/mol. The Morgan fingerprint density at radius 2 is 1.55 bits per heavy atom. The van der Waals surface area contributed by atoms with Gasteiger partial charge in [-0.15, -0.1) is 0 Å². The lowest BCUT2D eigenvalue weighted by atomic mass is 10.00. The van der Waals surface area contributed by atoms with Gasteiger partial charge in [0.2, 0.25) is 0 Å². The van der Waals surface area contributed by atoms with Crippen LogP contribution in [0, 0.1) is 0 Å². The summed E-state index contributed by atoms with van der Waals surface area (Å²) in [5, 5.41) is 5.48. The van der Waals surface area contributed by atoms with E-state index in [2.05, 4.69) is 40.9 Å². The second-order valence-corrected chi connectivity index (χ2v) is 5.91. The summed E-state index contributed by atoms with van der Waals surface area (Å²) in [5.41, 5.74) is 3.10. The summed E-state index contributed by atoms with van der Waals surface area (Å²) in [6.45, 7) is 0. The van der Waals surface area contributed by atoms with Gasteiger partial charge in [-0.25, -0.2) is 4.98 Å². The Morgan fingerprint density at radius 3 is 2.45 bits per heavy atom. The van der Waals surface area contributed by atoms with Gasteiger partial charge in [0, 0.05) is 22.0 Å². The van der Waals surface area contributed by atoms with Gasteiger partial charge >= 0.3 is 0 Å². The summed E-state index contributed by atoms with van der Waals surface area (Å²) in [7, 11) is 0. The molecule has 2 nitrogen and oxygen atoms in total. The molecule has 0 aliphatic carbocycles. The Morgan fingerprint density at radius 1 is 0.773 bits per heavy atom. The van der Waals surface area contributed by atoms with E-state index >= 15 is 0 Å². The van der Waals surface area contributed by atoms with Crippen molar-refractivity contribution in [2.45, 2.75) is 0 Å². The van der Waals surface area contributed by atoms with Crippen LogP contribution in [0.15, 0.2) is 66.9 Å². The van der Waals surface area contributed by atoms with Crippen molar-refractivity contribution in [2.75, 3.05) is 0 Å². The van der Waals surface area contributed by atoms with Crippen molar-refractivity contribution in [3.05, 3.63) is 71.9 Å². The molecule has 0 unspecified atom stereocenters. The van der Waals surface area contributed by atoms with Crippen LogP contribution in [0.3, 0.4) is 0 Å². The fraction of sp³-hybridized carbons (Fsp3) is 0. The highest BCUT2D eigenvalue weighted by atomic mass is 35.5. The van der Waals surface area contributed by atoms with E-state index < -0.39 is 0 Å². The van der Waals surface area contributed by atoms with Crippen LogP contribution in [0.5, 0.6) is 0 Å². The first-order valence-corrected chi connectivity index (χ1v) is 7.57. The molecule has 0 atom stereocenters. The summed E-state index contributed by atoms with van der Waals surface area (Å²) < 4.78 is 2.14. The Balaban J connectivity index is 2.23. The predicted octanol–water partition coefficient (Wildman–Crippen LogP) is 5.45. The zero-order valence-electron chi connectivity index (χ0n) is 11.6. The first-order valence-electron chi connectivity index (χ1n) is 7.20. The van der Waals surface area contributed by atoms with E-state index in [9.17, 15) is 0 Å². The van der Waals surface area contributed by atoms with Gasteiger partial charge < -0.3 is 0 Å². The highest BCUT2D eigenvalue weighted by Crippen LogP contribution is 2.36. The molecule has 104 valence electrons. The highest BCUT2D eigenvalue weighted by molar-refractivity contribution is 6.33. The van der Waals surface area contributed by atoms with E-state index in [1.54, 1.807) is 0 Å². The first-order chi connectivity index (χ1) is 10.8. The number of nitrogens with zero attached hydrogens (tertiary/aromatic N) is 2. The average Bonchev–Trinajstić information content (AvgIpc) is 2.95. The van der Waals surface area contributed by atoms with Gasteiger partial charge in [-0.2, -0.15) is 0 Å². The van der Waals surface area contributed by atoms with Crippen molar-refractivity contribution in [1.29, 1.82) is 0 Å². The molecule has 3 aromatic carbocycles. The van der Waals surface area contributed by atoms with Crippen LogP contribution in [-0.4, -0.2) is 9.38 Å². The Labute approximate surface area is 131 Å². The molecule has 2 heterocycles. The largest absolute Gasteiger partial charge is 0.299 e. The minimum Gasteiger partial charge on any atom is -0.299 e. The smallest absolute Gasteiger partial charge is 0.137 e. The van der Waals surface area contributed by atoms with Gasteiger partial charge in [0.05, 0.1) is 11.0 Å². The van der Waals surface area contributed by atoms with Crippen molar-refractivity contribution in [1.82, 2.24) is 9.38 Å². The number of aromatic nitrogens is 2. The molecular formula is C19H11ClN2. The number of hydrogen-bond donors (Lipinski definition) is 0. The summed E-state index contributed by atoms with van der Waals surface area (Å²) in [4.78, 5) is 4.84. The van der Waals surface area contributed by atoms with Crippen molar-refractivity contribution in [3.8, 4) is 0 Å². The third kappa shape index (κ3) is 1.48. The Kier molecular flexibility index (Phi) is 2.30. The normalized spacial score (nSPS) is 11.9. The maximum absolute atomic E-state index is 6.26. The van der Waals surface area contributed by atoms with Crippen LogP contribution >= 0.6 is 11.6 Å². The molecule has 5 rings (SSSR count). The summed E-state index contributed by atoms with van der Waals surface area (Å²) in [6, 6.07) is 20.6. The lowest BCUT2D eigenvalue weighted by Crippen LogP contribution is -1.86. The number of hydrogen-bond acceptors (Lipinski definition) is 1. The standard InChI is InChI=1S/C19H11ClN2/c20-12-8-9-14-13-5-1-2-6-15(13)18-19(16(14)11-12)22-10-4-3-7-17(22)21-18/h1-11H. The van der Waals surface area contributed by atoms with Crippen molar-refractivity contribution in [2.24, 2.45) is 0 Å². The van der Waals surface area contributed by atoms with Gasteiger partial charge in [-0.1, -0.05) is 48.0 Å². The highest BCUT2D eigenvalue weighted by Gasteiger charge is 2.13. The topological polar surface area (TPSA) is 17.3 Å². The van der Waals surface area contributed by atoms with Crippen LogP contribution in [0.25, 0.3) is 38.2 Å². The molecule has 22 heavy (non-hydrogen) atoms. The van der Waals surface area contributed by atoms with Crippen molar-refractivity contribution < 1.29 is 0 Å².